The van der Waals surface area contributed by atoms with Crippen LogP contribution in [-0.2, 0) is 9.53 Å². The van der Waals surface area contributed by atoms with Crippen LogP contribution in [0.2, 0.25) is 0 Å². The molecule has 1 saturated carbocycles. The Balaban J connectivity index is 2.09. The Morgan fingerprint density at radius 2 is 1.89 bits per heavy atom. The van der Waals surface area contributed by atoms with E-state index in [1.54, 1.807) is 0 Å². The van der Waals surface area contributed by atoms with E-state index in [9.17, 15) is 4.79 Å². The number of piperidine rings is 1. The summed E-state index contributed by atoms with van der Waals surface area (Å²) in [4.78, 5) is 14.7. The minimum Gasteiger partial charge on any atom is -0.468 e. The summed E-state index contributed by atoms with van der Waals surface area (Å²) in [5.41, 5.74) is -0.495. The summed E-state index contributed by atoms with van der Waals surface area (Å²) >= 11 is 0. The first-order valence-corrected chi connectivity index (χ1v) is 7.51. The van der Waals surface area contributed by atoms with Gasteiger partial charge in [-0.3, -0.25) is 0 Å². The molecule has 3 unspecified atom stereocenters. The van der Waals surface area contributed by atoms with Gasteiger partial charge in [-0.2, -0.15) is 0 Å². The van der Waals surface area contributed by atoms with E-state index >= 15 is 0 Å². The van der Waals surface area contributed by atoms with E-state index in [2.05, 4.69) is 24.1 Å². The van der Waals surface area contributed by atoms with E-state index in [0.717, 1.165) is 44.3 Å². The fraction of sp³-hybridized carbons (Fsp3) is 0.933. The normalized spacial score (nSPS) is 31.8. The number of nitrogens with zero attached hydrogens (tertiary/aromatic N) is 1. The summed E-state index contributed by atoms with van der Waals surface area (Å²) in [5.74, 6) is 1.78. The average molecular weight is 268 g/mol. The van der Waals surface area contributed by atoms with E-state index in [-0.39, 0.29) is 5.97 Å². The van der Waals surface area contributed by atoms with Gasteiger partial charge in [-0.05, 0) is 44.1 Å². The van der Waals surface area contributed by atoms with Gasteiger partial charge in [-0.25, -0.2) is 4.79 Å². The van der Waals surface area contributed by atoms with E-state index in [0.29, 0.717) is 5.92 Å². The number of esters is 1. The molecule has 3 atom stereocenters. The molecule has 0 aromatic carbocycles. The standard InChI is InChI=1S/C15H28N2O2/c1-11-7-12(2)9-17(8-11)10-15(16-3,13-5-6-13)14(18)19-4/h11-13,16H,5-10H2,1-4H3. The molecule has 2 rings (SSSR count). The lowest BCUT2D eigenvalue weighted by atomic mass is 9.87. The van der Waals surface area contributed by atoms with Gasteiger partial charge in [0.25, 0.3) is 0 Å². The smallest absolute Gasteiger partial charge is 0.327 e. The van der Waals surface area contributed by atoms with Crippen molar-refractivity contribution in [3.63, 3.8) is 0 Å². The van der Waals surface area contributed by atoms with Crippen molar-refractivity contribution in [3.05, 3.63) is 0 Å². The topological polar surface area (TPSA) is 41.6 Å². The summed E-state index contributed by atoms with van der Waals surface area (Å²) in [7, 11) is 3.39. The number of carbonyl (C=O) groups excluding carboxylic acids is 1. The maximum Gasteiger partial charge on any atom is 0.327 e. The number of methoxy groups -OCH3 is 1. The molecular formula is C15H28N2O2. The average Bonchev–Trinajstić information content (AvgIpc) is 3.18. The fourth-order valence-corrected chi connectivity index (χ4v) is 3.78. The molecule has 2 aliphatic rings. The number of nitrogens with one attached hydrogen (secondary N) is 1. The van der Waals surface area contributed by atoms with Gasteiger partial charge in [0.15, 0.2) is 0 Å². The fourth-order valence-electron chi connectivity index (χ4n) is 3.78. The van der Waals surface area contributed by atoms with Crippen molar-refractivity contribution < 1.29 is 9.53 Å². The highest BCUT2D eigenvalue weighted by molar-refractivity contribution is 5.82. The second-order valence-corrected chi connectivity index (χ2v) is 6.63. The van der Waals surface area contributed by atoms with Gasteiger partial charge in [0, 0.05) is 19.6 Å². The van der Waals surface area contributed by atoms with Gasteiger partial charge in [-0.1, -0.05) is 13.8 Å². The molecule has 0 aromatic heterocycles. The van der Waals surface area contributed by atoms with Gasteiger partial charge >= 0.3 is 5.97 Å². The van der Waals surface area contributed by atoms with Gasteiger partial charge in [0.05, 0.1) is 7.11 Å². The molecule has 4 nitrogen and oxygen atoms in total. The van der Waals surface area contributed by atoms with Gasteiger partial charge < -0.3 is 15.0 Å². The molecule has 1 heterocycles. The Bertz CT molecular complexity index is 320. The third kappa shape index (κ3) is 3.11. The Hall–Kier alpha value is -0.610. The zero-order valence-electron chi connectivity index (χ0n) is 12.7. The van der Waals surface area contributed by atoms with Crippen LogP contribution < -0.4 is 5.32 Å². The molecule has 2 fully saturated rings. The van der Waals surface area contributed by atoms with Crippen LogP contribution in [0.3, 0.4) is 0 Å². The third-order valence-corrected chi connectivity index (χ3v) is 4.69. The molecule has 19 heavy (non-hydrogen) atoms. The highest BCUT2D eigenvalue weighted by atomic mass is 16.5. The minimum absolute atomic E-state index is 0.0941. The highest BCUT2D eigenvalue weighted by Crippen LogP contribution is 2.41. The lowest BCUT2D eigenvalue weighted by Crippen LogP contribution is -2.61. The Labute approximate surface area is 116 Å². The summed E-state index contributed by atoms with van der Waals surface area (Å²) in [6.45, 7) is 7.59. The van der Waals surface area contributed by atoms with Gasteiger partial charge in [0.2, 0.25) is 0 Å². The molecule has 1 saturated heterocycles. The molecule has 1 aliphatic heterocycles. The first-order valence-electron chi connectivity index (χ1n) is 7.51. The van der Waals surface area contributed by atoms with Crippen LogP contribution in [0.5, 0.6) is 0 Å². The molecule has 110 valence electrons. The first-order chi connectivity index (χ1) is 9.01. The molecule has 4 heteroatoms. The lowest BCUT2D eigenvalue weighted by Gasteiger charge is -2.41. The van der Waals surface area contributed by atoms with E-state index in [1.165, 1.54) is 13.5 Å². The molecule has 1 N–H and O–H groups in total. The number of hydrogen-bond donors (Lipinski definition) is 1. The quantitative estimate of drug-likeness (QED) is 0.767. The third-order valence-electron chi connectivity index (χ3n) is 4.69. The summed E-state index contributed by atoms with van der Waals surface area (Å²) in [6.07, 6.45) is 3.56. The summed E-state index contributed by atoms with van der Waals surface area (Å²) < 4.78 is 5.08. The van der Waals surface area contributed by atoms with E-state index < -0.39 is 5.54 Å². The molecule has 0 aromatic rings. The van der Waals surface area contributed by atoms with Crippen LogP contribution in [0.25, 0.3) is 0 Å². The predicted molar refractivity (Wildman–Crippen MR) is 75.9 cm³/mol. The maximum atomic E-state index is 12.3. The number of ether oxygens (including phenoxy) is 1. The molecule has 1 aliphatic carbocycles. The van der Waals surface area contributed by atoms with Crippen molar-refractivity contribution in [1.29, 1.82) is 0 Å². The summed E-state index contributed by atoms with van der Waals surface area (Å²) in [6, 6.07) is 0. The van der Waals surface area contributed by atoms with Crippen LogP contribution in [-0.4, -0.2) is 50.2 Å². The van der Waals surface area contributed by atoms with Crippen molar-refractivity contribution in [2.24, 2.45) is 17.8 Å². The first kappa shape index (κ1) is 14.8. The van der Waals surface area contributed by atoms with Crippen LogP contribution >= 0.6 is 0 Å². The van der Waals surface area contributed by atoms with E-state index in [1.807, 2.05) is 7.05 Å². The zero-order chi connectivity index (χ0) is 14.0. The van der Waals surface area contributed by atoms with Crippen molar-refractivity contribution >= 4 is 5.97 Å². The molecule has 0 bridgehead atoms. The van der Waals surface area contributed by atoms with E-state index in [4.69, 9.17) is 4.74 Å². The number of carbonyl (C=O) groups is 1. The number of likely N-dealkylation sites (tertiary alicyclic amines) is 1. The largest absolute Gasteiger partial charge is 0.468 e. The van der Waals surface area contributed by atoms with Crippen LogP contribution in [0.4, 0.5) is 0 Å². The molecule has 0 spiro atoms. The van der Waals surface area contributed by atoms with Crippen LogP contribution in [0.1, 0.15) is 33.1 Å². The SMILES string of the molecule is CNC(CN1CC(C)CC(C)C1)(C(=O)OC)C1CC1. The predicted octanol–water partition coefficient (Wildman–Crippen LogP) is 1.51. The van der Waals surface area contributed by atoms with Crippen molar-refractivity contribution in [1.82, 2.24) is 10.2 Å². The van der Waals surface area contributed by atoms with Crippen molar-refractivity contribution in [3.8, 4) is 0 Å². The second-order valence-electron chi connectivity index (χ2n) is 6.63. The van der Waals surface area contributed by atoms with Gasteiger partial charge in [0.1, 0.15) is 5.54 Å². The Kier molecular flexibility index (Phi) is 4.51. The number of likely N-dealkylation sites (N-methyl/N-ethyl adjacent to an activating group) is 1. The summed E-state index contributed by atoms with van der Waals surface area (Å²) in [5, 5.41) is 3.29. The Morgan fingerprint density at radius 1 is 1.32 bits per heavy atom. The molecule has 0 amide bonds. The number of rotatable bonds is 5. The van der Waals surface area contributed by atoms with Gasteiger partial charge in [-0.15, -0.1) is 0 Å². The van der Waals surface area contributed by atoms with Crippen LogP contribution in [0.15, 0.2) is 0 Å². The zero-order valence-corrected chi connectivity index (χ0v) is 12.7. The minimum atomic E-state index is -0.495. The van der Waals surface area contributed by atoms with Crippen molar-refractivity contribution in [2.45, 2.75) is 38.6 Å². The van der Waals surface area contributed by atoms with Crippen LogP contribution in [0, 0.1) is 17.8 Å². The lowest BCUT2D eigenvalue weighted by molar-refractivity contribution is -0.151. The molecular weight excluding hydrogens is 240 g/mol. The molecule has 0 radical (unpaired) electrons. The monoisotopic (exact) mass is 268 g/mol. The van der Waals surface area contributed by atoms with Crippen molar-refractivity contribution in [2.75, 3.05) is 33.8 Å². The second kappa shape index (κ2) is 5.80. The maximum absolute atomic E-state index is 12.3. The number of hydrogen-bond acceptors (Lipinski definition) is 4. The highest BCUT2D eigenvalue weighted by Gasteiger charge is 2.52. The Morgan fingerprint density at radius 3 is 2.32 bits per heavy atom.